The molecule has 2 rings (SSSR count). The number of rotatable bonds is 2. The first kappa shape index (κ1) is 10.8. The van der Waals surface area contributed by atoms with Gasteiger partial charge in [-0.15, -0.1) is 0 Å². The Bertz CT molecular complexity index is 501. The summed E-state index contributed by atoms with van der Waals surface area (Å²) in [5, 5.41) is 4.09. The number of aryl methyl sites for hydroxylation is 2. The van der Waals surface area contributed by atoms with Gasteiger partial charge in [-0.25, -0.2) is 9.97 Å². The average Bonchev–Trinajstić information content (AvgIpc) is 2.64. The summed E-state index contributed by atoms with van der Waals surface area (Å²) in [4.78, 5) is 8.73. The van der Waals surface area contributed by atoms with E-state index in [0.717, 1.165) is 16.8 Å². The Morgan fingerprint density at radius 3 is 2.62 bits per heavy atom. The quantitative estimate of drug-likeness (QED) is 0.820. The molecule has 16 heavy (non-hydrogen) atoms. The Kier molecular flexibility index (Phi) is 2.70. The second kappa shape index (κ2) is 4.02. The van der Waals surface area contributed by atoms with Gasteiger partial charge in [0.2, 0.25) is 0 Å². The van der Waals surface area contributed by atoms with Crippen molar-refractivity contribution in [2.75, 3.05) is 0 Å². The van der Waals surface area contributed by atoms with E-state index in [4.69, 9.17) is 5.73 Å². The van der Waals surface area contributed by atoms with Crippen LogP contribution in [0.2, 0.25) is 0 Å². The zero-order valence-corrected chi connectivity index (χ0v) is 9.68. The zero-order chi connectivity index (χ0) is 11.7. The molecule has 0 saturated heterocycles. The highest BCUT2D eigenvalue weighted by Crippen LogP contribution is 2.17. The third-order valence-electron chi connectivity index (χ3n) is 2.47. The lowest BCUT2D eigenvalue weighted by molar-refractivity contribution is 0.767. The van der Waals surface area contributed by atoms with Gasteiger partial charge in [-0.05, 0) is 13.8 Å². The van der Waals surface area contributed by atoms with E-state index in [-0.39, 0.29) is 6.04 Å². The van der Waals surface area contributed by atoms with E-state index in [0.29, 0.717) is 5.82 Å². The fourth-order valence-corrected chi connectivity index (χ4v) is 1.60. The average molecular weight is 217 g/mol. The summed E-state index contributed by atoms with van der Waals surface area (Å²) in [6.45, 7) is 3.87. The van der Waals surface area contributed by atoms with E-state index in [1.165, 1.54) is 0 Å². The van der Waals surface area contributed by atoms with Crippen molar-refractivity contribution in [1.29, 1.82) is 0 Å². The molecule has 1 atom stereocenters. The summed E-state index contributed by atoms with van der Waals surface area (Å²) in [7, 11) is 1.87. The van der Waals surface area contributed by atoms with Crippen LogP contribution in [0.4, 0.5) is 0 Å². The van der Waals surface area contributed by atoms with Crippen LogP contribution in [0, 0.1) is 6.92 Å². The highest BCUT2D eigenvalue weighted by atomic mass is 15.2. The predicted octanol–water partition coefficient (Wildman–Crippen LogP) is 1.21. The molecule has 84 valence electrons. The molecule has 2 aromatic rings. The standard InChI is InChI=1S/C11H15N5/c1-7(12)10-5-13-11(15-8(10)2)9-4-14-16(3)6-9/h4-7H,12H2,1-3H3/t7-/m1/s1. The van der Waals surface area contributed by atoms with Crippen LogP contribution in [0.5, 0.6) is 0 Å². The van der Waals surface area contributed by atoms with Gasteiger partial charge in [0.15, 0.2) is 5.82 Å². The lowest BCUT2D eigenvalue weighted by Gasteiger charge is -2.08. The van der Waals surface area contributed by atoms with Crippen LogP contribution in [-0.2, 0) is 7.05 Å². The van der Waals surface area contributed by atoms with Gasteiger partial charge < -0.3 is 5.73 Å². The van der Waals surface area contributed by atoms with Gasteiger partial charge in [0.05, 0.1) is 11.8 Å². The van der Waals surface area contributed by atoms with Gasteiger partial charge >= 0.3 is 0 Å². The molecule has 2 N–H and O–H groups in total. The molecule has 0 aliphatic carbocycles. The summed E-state index contributed by atoms with van der Waals surface area (Å²) in [5.74, 6) is 0.690. The van der Waals surface area contributed by atoms with E-state index in [9.17, 15) is 0 Å². The minimum Gasteiger partial charge on any atom is -0.324 e. The fraction of sp³-hybridized carbons (Fsp3) is 0.364. The Labute approximate surface area is 94.3 Å². The molecule has 0 aliphatic rings. The third kappa shape index (κ3) is 1.94. The Morgan fingerprint density at radius 2 is 2.12 bits per heavy atom. The van der Waals surface area contributed by atoms with Crippen LogP contribution in [0.25, 0.3) is 11.4 Å². The largest absolute Gasteiger partial charge is 0.324 e. The van der Waals surface area contributed by atoms with Gasteiger partial charge in [-0.3, -0.25) is 4.68 Å². The first-order chi connectivity index (χ1) is 7.58. The SMILES string of the molecule is Cc1nc(-c2cnn(C)c2)ncc1[C@@H](C)N. The molecule has 2 aromatic heterocycles. The van der Waals surface area contributed by atoms with Crippen molar-refractivity contribution in [2.24, 2.45) is 12.8 Å². The number of hydrogen-bond acceptors (Lipinski definition) is 4. The van der Waals surface area contributed by atoms with Crippen molar-refractivity contribution in [3.05, 3.63) is 29.8 Å². The summed E-state index contributed by atoms with van der Waals surface area (Å²) in [5.41, 5.74) is 8.63. The number of nitrogens with zero attached hydrogens (tertiary/aromatic N) is 4. The molecule has 5 nitrogen and oxygen atoms in total. The van der Waals surface area contributed by atoms with Crippen molar-refractivity contribution < 1.29 is 0 Å². The highest BCUT2D eigenvalue weighted by molar-refractivity contribution is 5.52. The second-order valence-corrected chi connectivity index (χ2v) is 3.93. The van der Waals surface area contributed by atoms with Crippen LogP contribution in [0.15, 0.2) is 18.6 Å². The van der Waals surface area contributed by atoms with Crippen molar-refractivity contribution >= 4 is 0 Å². The highest BCUT2D eigenvalue weighted by Gasteiger charge is 2.09. The fourth-order valence-electron chi connectivity index (χ4n) is 1.60. The van der Waals surface area contributed by atoms with E-state index in [1.54, 1.807) is 17.1 Å². The lowest BCUT2D eigenvalue weighted by atomic mass is 10.1. The molecule has 0 aromatic carbocycles. The minimum absolute atomic E-state index is 0.0389. The molecule has 5 heteroatoms. The molecule has 0 fully saturated rings. The summed E-state index contributed by atoms with van der Waals surface area (Å²) >= 11 is 0. The molecule has 0 aliphatic heterocycles. The first-order valence-electron chi connectivity index (χ1n) is 5.16. The molecule has 0 unspecified atom stereocenters. The van der Waals surface area contributed by atoms with Crippen LogP contribution in [0.1, 0.15) is 24.2 Å². The number of hydrogen-bond donors (Lipinski definition) is 1. The van der Waals surface area contributed by atoms with Gasteiger partial charge in [-0.2, -0.15) is 5.10 Å². The van der Waals surface area contributed by atoms with Gasteiger partial charge in [0.1, 0.15) is 0 Å². The number of nitrogens with two attached hydrogens (primary N) is 1. The summed E-state index contributed by atoms with van der Waals surface area (Å²) < 4.78 is 1.73. The third-order valence-corrected chi connectivity index (χ3v) is 2.47. The second-order valence-electron chi connectivity index (χ2n) is 3.93. The summed E-state index contributed by atoms with van der Waals surface area (Å²) in [6.07, 6.45) is 5.43. The molecular formula is C11H15N5. The van der Waals surface area contributed by atoms with E-state index in [2.05, 4.69) is 15.1 Å². The molecule has 2 heterocycles. The zero-order valence-electron chi connectivity index (χ0n) is 9.68. The molecule has 0 bridgehead atoms. The van der Waals surface area contributed by atoms with Gasteiger partial charge in [0.25, 0.3) is 0 Å². The topological polar surface area (TPSA) is 69.6 Å². The van der Waals surface area contributed by atoms with E-state index < -0.39 is 0 Å². The van der Waals surface area contributed by atoms with Crippen molar-refractivity contribution in [2.45, 2.75) is 19.9 Å². The normalized spacial score (nSPS) is 12.8. The van der Waals surface area contributed by atoms with Gasteiger partial charge in [-0.1, -0.05) is 0 Å². The molecule has 0 spiro atoms. The summed E-state index contributed by atoms with van der Waals surface area (Å²) in [6, 6.07) is -0.0389. The van der Waals surface area contributed by atoms with Crippen molar-refractivity contribution in [3.63, 3.8) is 0 Å². The van der Waals surface area contributed by atoms with Crippen molar-refractivity contribution in [1.82, 2.24) is 19.7 Å². The molecule has 0 saturated carbocycles. The Morgan fingerprint density at radius 1 is 1.38 bits per heavy atom. The van der Waals surface area contributed by atoms with Crippen molar-refractivity contribution in [3.8, 4) is 11.4 Å². The monoisotopic (exact) mass is 217 g/mol. The maximum Gasteiger partial charge on any atom is 0.162 e. The van der Waals surface area contributed by atoms with Gasteiger partial charge in [0, 0.05) is 36.7 Å². The van der Waals surface area contributed by atoms with E-state index in [1.807, 2.05) is 27.1 Å². The van der Waals surface area contributed by atoms with Crippen LogP contribution in [0.3, 0.4) is 0 Å². The van der Waals surface area contributed by atoms with Crippen LogP contribution in [-0.4, -0.2) is 19.7 Å². The lowest BCUT2D eigenvalue weighted by Crippen LogP contribution is -2.09. The predicted molar refractivity (Wildman–Crippen MR) is 61.6 cm³/mol. The smallest absolute Gasteiger partial charge is 0.162 e. The molecule has 0 radical (unpaired) electrons. The molecule has 0 amide bonds. The maximum absolute atomic E-state index is 5.81. The first-order valence-corrected chi connectivity index (χ1v) is 5.16. The van der Waals surface area contributed by atoms with Crippen LogP contribution < -0.4 is 5.73 Å². The molecular weight excluding hydrogens is 202 g/mol. The minimum atomic E-state index is -0.0389. The van der Waals surface area contributed by atoms with E-state index >= 15 is 0 Å². The Hall–Kier alpha value is -1.75. The number of aromatic nitrogens is 4. The van der Waals surface area contributed by atoms with Crippen LogP contribution >= 0.6 is 0 Å². The maximum atomic E-state index is 5.81. The Balaban J connectivity index is 2.42.